The van der Waals surface area contributed by atoms with Gasteiger partial charge in [0.25, 0.3) is 0 Å². The van der Waals surface area contributed by atoms with Crippen LogP contribution in [0.15, 0.2) is 30.3 Å². The van der Waals surface area contributed by atoms with Gasteiger partial charge in [-0.25, -0.2) is 12.7 Å². The van der Waals surface area contributed by atoms with Crippen molar-refractivity contribution in [3.8, 4) is 0 Å². The molecule has 90 valence electrons. The maximum atomic E-state index is 11.4. The first kappa shape index (κ1) is 13.0. The van der Waals surface area contributed by atoms with Gasteiger partial charge in [-0.1, -0.05) is 18.2 Å². The zero-order valence-corrected chi connectivity index (χ0v) is 10.5. The number of para-hydroxylation sites is 1. The molecule has 0 aromatic heterocycles. The second-order valence-electron chi connectivity index (χ2n) is 3.74. The van der Waals surface area contributed by atoms with Gasteiger partial charge in [0.15, 0.2) is 0 Å². The molecule has 1 rings (SSSR count). The molecule has 0 amide bonds. The Balaban J connectivity index is 2.28. The van der Waals surface area contributed by atoms with Gasteiger partial charge in [0.2, 0.25) is 10.0 Å². The summed E-state index contributed by atoms with van der Waals surface area (Å²) in [5.41, 5.74) is 1.02. The predicted octanol–water partition coefficient (Wildman–Crippen LogP) is 1.38. The van der Waals surface area contributed by atoms with E-state index < -0.39 is 10.0 Å². The molecule has 0 saturated heterocycles. The Morgan fingerprint density at radius 1 is 1.19 bits per heavy atom. The largest absolute Gasteiger partial charge is 0.385 e. The molecular formula is C11H18N2O2S. The highest BCUT2D eigenvalue weighted by Gasteiger charge is 2.12. The smallest absolute Gasteiger partial charge is 0.213 e. The van der Waals surface area contributed by atoms with Gasteiger partial charge in [0.05, 0.1) is 5.75 Å². The highest BCUT2D eigenvalue weighted by atomic mass is 32.2. The first-order valence-electron chi connectivity index (χ1n) is 5.21. The lowest BCUT2D eigenvalue weighted by Gasteiger charge is -2.11. The molecule has 16 heavy (non-hydrogen) atoms. The number of sulfonamides is 1. The van der Waals surface area contributed by atoms with Gasteiger partial charge in [-0.2, -0.15) is 0 Å². The molecule has 0 aliphatic rings. The third-order valence-corrected chi connectivity index (χ3v) is 4.16. The molecule has 0 fully saturated rings. The molecule has 0 aliphatic carbocycles. The molecule has 5 heteroatoms. The van der Waals surface area contributed by atoms with Gasteiger partial charge in [-0.3, -0.25) is 0 Å². The fourth-order valence-corrected chi connectivity index (χ4v) is 2.10. The van der Waals surface area contributed by atoms with E-state index in [9.17, 15) is 8.42 Å². The van der Waals surface area contributed by atoms with E-state index in [1.54, 1.807) is 14.1 Å². The number of nitrogens with zero attached hydrogens (tertiary/aromatic N) is 1. The van der Waals surface area contributed by atoms with Gasteiger partial charge in [0, 0.05) is 26.3 Å². The zero-order chi connectivity index (χ0) is 12.0. The van der Waals surface area contributed by atoms with E-state index in [1.165, 1.54) is 4.31 Å². The first-order chi connectivity index (χ1) is 7.52. The van der Waals surface area contributed by atoms with Crippen molar-refractivity contribution in [1.29, 1.82) is 0 Å². The molecule has 1 N–H and O–H groups in total. The zero-order valence-electron chi connectivity index (χ0n) is 9.68. The van der Waals surface area contributed by atoms with Crippen molar-refractivity contribution in [2.75, 3.05) is 31.7 Å². The minimum atomic E-state index is -3.06. The van der Waals surface area contributed by atoms with Crippen LogP contribution in [0.2, 0.25) is 0 Å². The van der Waals surface area contributed by atoms with Crippen LogP contribution < -0.4 is 5.32 Å². The van der Waals surface area contributed by atoms with Gasteiger partial charge in [-0.15, -0.1) is 0 Å². The first-order valence-corrected chi connectivity index (χ1v) is 6.82. The average molecular weight is 242 g/mol. The van der Waals surface area contributed by atoms with E-state index >= 15 is 0 Å². The van der Waals surface area contributed by atoms with Crippen LogP contribution in [0.25, 0.3) is 0 Å². The van der Waals surface area contributed by atoms with E-state index in [0.717, 1.165) is 5.69 Å². The van der Waals surface area contributed by atoms with Crippen LogP contribution in [0.3, 0.4) is 0 Å². The highest BCUT2D eigenvalue weighted by Crippen LogP contribution is 2.05. The van der Waals surface area contributed by atoms with Crippen LogP contribution in [0, 0.1) is 0 Å². The fourth-order valence-electron chi connectivity index (χ4n) is 1.23. The van der Waals surface area contributed by atoms with E-state index in [-0.39, 0.29) is 5.75 Å². The van der Waals surface area contributed by atoms with Crippen LogP contribution in [-0.4, -0.2) is 39.1 Å². The molecule has 0 unspecified atom stereocenters. The summed E-state index contributed by atoms with van der Waals surface area (Å²) in [6.07, 6.45) is 0.607. The van der Waals surface area contributed by atoms with E-state index in [2.05, 4.69) is 5.32 Å². The summed E-state index contributed by atoms with van der Waals surface area (Å²) in [5, 5.41) is 3.17. The van der Waals surface area contributed by atoms with Gasteiger partial charge < -0.3 is 5.32 Å². The maximum Gasteiger partial charge on any atom is 0.213 e. The molecule has 0 atom stereocenters. The Morgan fingerprint density at radius 2 is 1.81 bits per heavy atom. The van der Waals surface area contributed by atoms with Crippen molar-refractivity contribution in [3.05, 3.63) is 30.3 Å². The van der Waals surface area contributed by atoms with E-state index in [1.807, 2.05) is 30.3 Å². The summed E-state index contributed by atoms with van der Waals surface area (Å²) < 4.78 is 24.1. The number of hydrogen-bond acceptors (Lipinski definition) is 3. The number of rotatable bonds is 6. The number of nitrogens with one attached hydrogen (secondary N) is 1. The molecule has 0 spiro atoms. The Kier molecular flexibility index (Phi) is 4.76. The quantitative estimate of drug-likeness (QED) is 0.767. The van der Waals surface area contributed by atoms with Crippen molar-refractivity contribution in [2.24, 2.45) is 0 Å². The van der Waals surface area contributed by atoms with Crippen LogP contribution in [0.4, 0.5) is 5.69 Å². The summed E-state index contributed by atoms with van der Waals surface area (Å²) >= 11 is 0. The molecular weight excluding hydrogens is 224 g/mol. The molecule has 4 nitrogen and oxygen atoms in total. The van der Waals surface area contributed by atoms with Gasteiger partial charge in [0.1, 0.15) is 0 Å². The lowest BCUT2D eigenvalue weighted by Crippen LogP contribution is -2.26. The molecule has 0 bridgehead atoms. The Labute approximate surface area is 97.3 Å². The Hall–Kier alpha value is -1.07. The number of hydrogen-bond donors (Lipinski definition) is 1. The molecule has 0 aliphatic heterocycles. The van der Waals surface area contributed by atoms with Crippen LogP contribution >= 0.6 is 0 Å². The van der Waals surface area contributed by atoms with Crippen molar-refractivity contribution in [3.63, 3.8) is 0 Å². The van der Waals surface area contributed by atoms with Crippen molar-refractivity contribution >= 4 is 15.7 Å². The highest BCUT2D eigenvalue weighted by molar-refractivity contribution is 7.89. The van der Waals surface area contributed by atoms with Crippen molar-refractivity contribution in [1.82, 2.24) is 4.31 Å². The minimum Gasteiger partial charge on any atom is -0.385 e. The summed E-state index contributed by atoms with van der Waals surface area (Å²) in [7, 11) is 0.0517. The monoisotopic (exact) mass is 242 g/mol. The lowest BCUT2D eigenvalue weighted by molar-refractivity contribution is 0.519. The SMILES string of the molecule is CN(C)S(=O)(=O)CCCNc1ccccc1. The maximum absolute atomic E-state index is 11.4. The van der Waals surface area contributed by atoms with E-state index in [0.29, 0.717) is 13.0 Å². The van der Waals surface area contributed by atoms with Crippen molar-refractivity contribution in [2.45, 2.75) is 6.42 Å². The second kappa shape index (κ2) is 5.86. The predicted molar refractivity (Wildman–Crippen MR) is 67.0 cm³/mol. The fraction of sp³-hybridized carbons (Fsp3) is 0.455. The molecule has 1 aromatic carbocycles. The Morgan fingerprint density at radius 3 is 2.38 bits per heavy atom. The molecule has 0 radical (unpaired) electrons. The summed E-state index contributed by atoms with van der Waals surface area (Å²) in [6.45, 7) is 0.664. The van der Waals surface area contributed by atoms with Crippen LogP contribution in [0.5, 0.6) is 0 Å². The second-order valence-corrected chi connectivity index (χ2v) is 6.05. The minimum absolute atomic E-state index is 0.180. The van der Waals surface area contributed by atoms with Gasteiger partial charge >= 0.3 is 0 Å². The third-order valence-electron chi connectivity index (χ3n) is 2.24. The van der Waals surface area contributed by atoms with E-state index in [4.69, 9.17) is 0 Å². The summed E-state index contributed by atoms with van der Waals surface area (Å²) in [4.78, 5) is 0. The number of anilines is 1. The summed E-state index contributed by atoms with van der Waals surface area (Å²) in [5.74, 6) is 0.180. The summed E-state index contributed by atoms with van der Waals surface area (Å²) in [6, 6.07) is 9.75. The molecule has 1 aromatic rings. The van der Waals surface area contributed by atoms with Crippen LogP contribution in [0.1, 0.15) is 6.42 Å². The normalized spacial score (nSPS) is 11.7. The molecule has 0 heterocycles. The average Bonchev–Trinajstić information content (AvgIpc) is 2.26. The topological polar surface area (TPSA) is 49.4 Å². The molecule has 0 saturated carbocycles. The lowest BCUT2D eigenvalue weighted by atomic mass is 10.3. The van der Waals surface area contributed by atoms with Gasteiger partial charge in [-0.05, 0) is 18.6 Å². The number of benzene rings is 1. The third kappa shape index (κ3) is 4.20. The Bertz CT molecular complexity index is 401. The van der Waals surface area contributed by atoms with Crippen LogP contribution in [-0.2, 0) is 10.0 Å². The van der Waals surface area contributed by atoms with Crippen molar-refractivity contribution < 1.29 is 8.42 Å². The standard InChI is InChI=1S/C11H18N2O2S/c1-13(2)16(14,15)10-6-9-12-11-7-4-3-5-8-11/h3-5,7-8,12H,6,9-10H2,1-2H3.